The monoisotopic (exact) mass is 221 g/mol. The van der Waals surface area contributed by atoms with Gasteiger partial charge in [-0.25, -0.2) is 0 Å². The van der Waals surface area contributed by atoms with Gasteiger partial charge in [0.25, 0.3) is 0 Å². The lowest BCUT2D eigenvalue weighted by Gasteiger charge is -2.06. The standard InChI is InChI=1S/C13H19NO2/c1-3-9-16-10-13(15)14-12-7-5-11(4-2)6-8-12/h5-8H,3-4,9-10H2,1-2H3,(H,14,15). The first kappa shape index (κ1) is 12.7. The maximum atomic E-state index is 11.4. The first-order valence-electron chi connectivity index (χ1n) is 5.72. The molecule has 3 nitrogen and oxygen atoms in total. The fourth-order valence-electron chi connectivity index (χ4n) is 1.33. The van der Waals surface area contributed by atoms with Crippen LogP contribution in [0.25, 0.3) is 0 Å². The van der Waals surface area contributed by atoms with E-state index >= 15 is 0 Å². The van der Waals surface area contributed by atoms with E-state index in [-0.39, 0.29) is 12.5 Å². The molecule has 0 spiro atoms. The Labute approximate surface area is 96.8 Å². The van der Waals surface area contributed by atoms with Gasteiger partial charge in [0.15, 0.2) is 0 Å². The topological polar surface area (TPSA) is 38.3 Å². The summed E-state index contributed by atoms with van der Waals surface area (Å²) in [5.41, 5.74) is 2.09. The van der Waals surface area contributed by atoms with E-state index in [1.165, 1.54) is 5.56 Å². The number of aryl methyl sites for hydroxylation is 1. The molecule has 0 saturated carbocycles. The highest BCUT2D eigenvalue weighted by Crippen LogP contribution is 2.09. The molecule has 0 aliphatic carbocycles. The summed E-state index contributed by atoms with van der Waals surface area (Å²) in [5, 5.41) is 2.79. The molecule has 0 aromatic heterocycles. The SMILES string of the molecule is CCCOCC(=O)Nc1ccc(CC)cc1. The molecule has 0 bridgehead atoms. The van der Waals surface area contributed by atoms with Crippen LogP contribution in [0.4, 0.5) is 5.69 Å². The predicted octanol–water partition coefficient (Wildman–Crippen LogP) is 2.61. The maximum Gasteiger partial charge on any atom is 0.250 e. The van der Waals surface area contributed by atoms with Gasteiger partial charge >= 0.3 is 0 Å². The van der Waals surface area contributed by atoms with Crippen molar-refractivity contribution >= 4 is 11.6 Å². The summed E-state index contributed by atoms with van der Waals surface area (Å²) in [7, 11) is 0. The van der Waals surface area contributed by atoms with Crippen LogP contribution < -0.4 is 5.32 Å². The van der Waals surface area contributed by atoms with Gasteiger partial charge in [-0.2, -0.15) is 0 Å². The van der Waals surface area contributed by atoms with E-state index in [0.29, 0.717) is 6.61 Å². The zero-order valence-electron chi connectivity index (χ0n) is 9.95. The first-order chi connectivity index (χ1) is 7.76. The van der Waals surface area contributed by atoms with E-state index in [1.54, 1.807) is 0 Å². The summed E-state index contributed by atoms with van der Waals surface area (Å²) < 4.78 is 5.15. The predicted molar refractivity (Wildman–Crippen MR) is 65.6 cm³/mol. The Morgan fingerprint density at radius 2 is 1.94 bits per heavy atom. The largest absolute Gasteiger partial charge is 0.372 e. The van der Waals surface area contributed by atoms with Crippen LogP contribution in [-0.4, -0.2) is 19.1 Å². The van der Waals surface area contributed by atoms with E-state index in [9.17, 15) is 4.79 Å². The summed E-state index contributed by atoms with van der Waals surface area (Å²) in [6.45, 7) is 4.87. The van der Waals surface area contributed by atoms with Gasteiger partial charge < -0.3 is 10.1 Å². The number of rotatable bonds is 6. The Bertz CT molecular complexity index is 319. The minimum absolute atomic E-state index is 0.0994. The normalized spacial score (nSPS) is 10.1. The molecule has 0 radical (unpaired) electrons. The van der Waals surface area contributed by atoms with Crippen LogP contribution in [0.3, 0.4) is 0 Å². The molecule has 3 heteroatoms. The van der Waals surface area contributed by atoms with Gasteiger partial charge in [-0.3, -0.25) is 4.79 Å². The fourth-order valence-corrected chi connectivity index (χ4v) is 1.33. The van der Waals surface area contributed by atoms with Crippen LogP contribution in [-0.2, 0) is 16.0 Å². The Balaban J connectivity index is 2.37. The van der Waals surface area contributed by atoms with Crippen molar-refractivity contribution < 1.29 is 9.53 Å². The molecule has 1 aromatic carbocycles. The molecular formula is C13H19NO2. The molecule has 0 heterocycles. The van der Waals surface area contributed by atoms with Gasteiger partial charge in [0.1, 0.15) is 6.61 Å². The number of hydrogen-bond donors (Lipinski definition) is 1. The number of nitrogens with one attached hydrogen (secondary N) is 1. The van der Waals surface area contributed by atoms with Gasteiger partial charge in [-0.1, -0.05) is 26.0 Å². The second kappa shape index (κ2) is 7.01. The molecule has 0 aliphatic rings. The average Bonchev–Trinajstić information content (AvgIpc) is 2.30. The number of ether oxygens (including phenoxy) is 1. The zero-order valence-corrected chi connectivity index (χ0v) is 9.95. The van der Waals surface area contributed by atoms with Crippen molar-refractivity contribution in [3.63, 3.8) is 0 Å². The Hall–Kier alpha value is -1.35. The molecule has 1 rings (SSSR count). The van der Waals surface area contributed by atoms with E-state index < -0.39 is 0 Å². The minimum Gasteiger partial charge on any atom is -0.372 e. The molecule has 88 valence electrons. The number of amides is 1. The van der Waals surface area contributed by atoms with Gasteiger partial charge in [0.2, 0.25) is 5.91 Å². The van der Waals surface area contributed by atoms with Crippen molar-refractivity contribution in [2.45, 2.75) is 26.7 Å². The maximum absolute atomic E-state index is 11.4. The first-order valence-corrected chi connectivity index (χ1v) is 5.72. The van der Waals surface area contributed by atoms with Crippen LogP contribution in [0.2, 0.25) is 0 Å². The molecule has 0 fully saturated rings. The van der Waals surface area contributed by atoms with Crippen LogP contribution in [0, 0.1) is 0 Å². The number of carbonyl (C=O) groups is 1. The molecule has 16 heavy (non-hydrogen) atoms. The molecule has 0 aliphatic heterocycles. The van der Waals surface area contributed by atoms with Crippen LogP contribution in [0.5, 0.6) is 0 Å². The Kier molecular flexibility index (Phi) is 5.57. The summed E-state index contributed by atoms with van der Waals surface area (Å²) >= 11 is 0. The van der Waals surface area contributed by atoms with Gasteiger partial charge in [-0.05, 0) is 30.5 Å². The lowest BCUT2D eigenvalue weighted by atomic mass is 10.1. The highest BCUT2D eigenvalue weighted by atomic mass is 16.5. The summed E-state index contributed by atoms with van der Waals surface area (Å²) in [6.07, 6.45) is 1.94. The molecule has 0 unspecified atom stereocenters. The van der Waals surface area contributed by atoms with Crippen molar-refractivity contribution in [3.05, 3.63) is 29.8 Å². The summed E-state index contributed by atoms with van der Waals surface area (Å²) in [4.78, 5) is 11.4. The second-order valence-corrected chi connectivity index (χ2v) is 3.65. The van der Waals surface area contributed by atoms with Crippen LogP contribution in [0.15, 0.2) is 24.3 Å². The molecule has 1 N–H and O–H groups in total. The van der Waals surface area contributed by atoms with E-state index in [4.69, 9.17) is 4.74 Å². The van der Waals surface area contributed by atoms with Crippen molar-refractivity contribution in [1.29, 1.82) is 0 Å². The molecule has 0 atom stereocenters. The van der Waals surface area contributed by atoms with Gasteiger partial charge in [0, 0.05) is 12.3 Å². The minimum atomic E-state index is -0.0994. The summed E-state index contributed by atoms with van der Waals surface area (Å²) in [5.74, 6) is -0.0994. The Morgan fingerprint density at radius 1 is 1.25 bits per heavy atom. The van der Waals surface area contributed by atoms with Gasteiger partial charge in [-0.15, -0.1) is 0 Å². The number of hydrogen-bond acceptors (Lipinski definition) is 2. The summed E-state index contributed by atoms with van der Waals surface area (Å²) in [6, 6.07) is 7.86. The highest BCUT2D eigenvalue weighted by Gasteiger charge is 2.01. The molecule has 1 aromatic rings. The number of benzene rings is 1. The van der Waals surface area contributed by atoms with Crippen molar-refractivity contribution in [2.75, 3.05) is 18.5 Å². The van der Waals surface area contributed by atoms with Crippen LogP contribution in [0.1, 0.15) is 25.8 Å². The molecular weight excluding hydrogens is 202 g/mol. The lowest BCUT2D eigenvalue weighted by molar-refractivity contribution is -0.120. The number of carbonyl (C=O) groups excluding carboxylic acids is 1. The van der Waals surface area contributed by atoms with Crippen molar-refractivity contribution in [3.8, 4) is 0 Å². The second-order valence-electron chi connectivity index (χ2n) is 3.65. The van der Waals surface area contributed by atoms with Crippen LogP contribution >= 0.6 is 0 Å². The van der Waals surface area contributed by atoms with Gasteiger partial charge in [0.05, 0.1) is 0 Å². The smallest absolute Gasteiger partial charge is 0.250 e. The van der Waals surface area contributed by atoms with E-state index in [1.807, 2.05) is 31.2 Å². The third kappa shape index (κ3) is 4.45. The van der Waals surface area contributed by atoms with Crippen molar-refractivity contribution in [1.82, 2.24) is 0 Å². The lowest BCUT2D eigenvalue weighted by Crippen LogP contribution is -2.18. The number of anilines is 1. The fraction of sp³-hybridized carbons (Fsp3) is 0.462. The third-order valence-corrected chi connectivity index (χ3v) is 2.23. The molecule has 0 saturated heterocycles. The quantitative estimate of drug-likeness (QED) is 0.750. The Morgan fingerprint density at radius 3 is 2.50 bits per heavy atom. The zero-order chi connectivity index (χ0) is 11.8. The highest BCUT2D eigenvalue weighted by molar-refractivity contribution is 5.91. The van der Waals surface area contributed by atoms with Crippen molar-refractivity contribution in [2.24, 2.45) is 0 Å². The average molecular weight is 221 g/mol. The molecule has 1 amide bonds. The van der Waals surface area contributed by atoms with E-state index in [0.717, 1.165) is 18.5 Å². The third-order valence-electron chi connectivity index (χ3n) is 2.23. The van der Waals surface area contributed by atoms with E-state index in [2.05, 4.69) is 12.2 Å².